The number of imidazole rings is 1. The lowest BCUT2D eigenvalue weighted by atomic mass is 10.2. The molecule has 34 heavy (non-hydrogen) atoms. The van der Waals surface area contributed by atoms with Crippen molar-refractivity contribution in [2.24, 2.45) is 0 Å². The summed E-state index contributed by atoms with van der Waals surface area (Å²) >= 11 is 1.29. The summed E-state index contributed by atoms with van der Waals surface area (Å²) in [5.41, 5.74) is 3.00. The summed E-state index contributed by atoms with van der Waals surface area (Å²) in [6.45, 7) is 3.99. The third-order valence-electron chi connectivity index (χ3n) is 5.22. The van der Waals surface area contributed by atoms with E-state index in [1.807, 2.05) is 31.2 Å². The summed E-state index contributed by atoms with van der Waals surface area (Å²) < 4.78 is 38.6. The Morgan fingerprint density at radius 2 is 1.79 bits per heavy atom. The molecule has 0 N–H and O–H groups in total. The van der Waals surface area contributed by atoms with Gasteiger partial charge in [0, 0.05) is 0 Å². The van der Waals surface area contributed by atoms with Crippen molar-refractivity contribution in [3.63, 3.8) is 0 Å². The van der Waals surface area contributed by atoms with Crippen LogP contribution >= 0.6 is 11.3 Å². The molecule has 0 fully saturated rings. The first-order valence-corrected chi connectivity index (χ1v) is 12.8. The highest BCUT2D eigenvalue weighted by molar-refractivity contribution is 7.87. The number of para-hydroxylation sites is 2. The van der Waals surface area contributed by atoms with Crippen molar-refractivity contribution in [3.05, 3.63) is 92.7 Å². The highest BCUT2D eigenvalue weighted by Crippen LogP contribution is 2.31. The van der Waals surface area contributed by atoms with Gasteiger partial charge in [-0.05, 0) is 61.9 Å². The van der Waals surface area contributed by atoms with E-state index < -0.39 is 10.1 Å². The van der Waals surface area contributed by atoms with Crippen LogP contribution in [0.1, 0.15) is 18.1 Å². The maximum Gasteiger partial charge on any atom is 0.339 e. The second-order valence-electron chi connectivity index (χ2n) is 7.62. The van der Waals surface area contributed by atoms with Crippen LogP contribution in [0.5, 0.6) is 11.5 Å². The third-order valence-corrected chi connectivity index (χ3v) is 7.44. The average Bonchev–Trinajstić information content (AvgIpc) is 3.32. The lowest BCUT2D eigenvalue weighted by Crippen LogP contribution is -2.22. The number of hydrogen-bond donors (Lipinski definition) is 0. The molecule has 0 amide bonds. The van der Waals surface area contributed by atoms with Gasteiger partial charge in [0.25, 0.3) is 5.56 Å². The Balaban J connectivity index is 1.53. The maximum atomic E-state index is 13.0. The summed E-state index contributed by atoms with van der Waals surface area (Å²) in [7, 11) is -4.03. The molecule has 9 heteroatoms. The number of nitrogens with zero attached hydrogens (tertiary/aromatic N) is 2. The Kier molecular flexibility index (Phi) is 5.59. The van der Waals surface area contributed by atoms with Crippen LogP contribution in [0.4, 0.5) is 0 Å². The summed E-state index contributed by atoms with van der Waals surface area (Å²) in [5.74, 6) is 0.347. The van der Waals surface area contributed by atoms with Gasteiger partial charge in [0.15, 0.2) is 16.5 Å². The highest BCUT2D eigenvalue weighted by Gasteiger charge is 2.19. The Hall–Kier alpha value is -3.69. The zero-order chi connectivity index (χ0) is 23.9. The molecule has 5 rings (SSSR count). The van der Waals surface area contributed by atoms with E-state index in [1.165, 1.54) is 29.5 Å². The van der Waals surface area contributed by atoms with Gasteiger partial charge in [-0.1, -0.05) is 47.2 Å². The first kappa shape index (κ1) is 22.1. The highest BCUT2D eigenvalue weighted by atomic mass is 32.2. The summed E-state index contributed by atoms with van der Waals surface area (Å²) in [6.07, 6.45) is 1.73. The number of aryl methyl sites for hydroxylation is 1. The first-order valence-electron chi connectivity index (χ1n) is 10.6. The number of ether oxygens (including phenoxy) is 1. The van der Waals surface area contributed by atoms with Crippen LogP contribution in [-0.2, 0) is 10.1 Å². The van der Waals surface area contributed by atoms with Crippen molar-refractivity contribution in [1.82, 2.24) is 9.38 Å². The molecule has 0 unspecified atom stereocenters. The molecule has 172 valence electrons. The van der Waals surface area contributed by atoms with Gasteiger partial charge in [-0.3, -0.25) is 4.79 Å². The molecule has 0 atom stereocenters. The molecule has 3 aromatic carbocycles. The van der Waals surface area contributed by atoms with Gasteiger partial charge in [0.05, 0.1) is 22.2 Å². The molecule has 0 saturated heterocycles. The molecular formula is C25H20N2O5S2. The quantitative estimate of drug-likeness (QED) is 0.334. The molecule has 2 aromatic heterocycles. The van der Waals surface area contributed by atoms with E-state index in [2.05, 4.69) is 4.98 Å². The van der Waals surface area contributed by atoms with Crippen molar-refractivity contribution in [3.8, 4) is 11.5 Å². The van der Waals surface area contributed by atoms with Gasteiger partial charge >= 0.3 is 10.1 Å². The van der Waals surface area contributed by atoms with Gasteiger partial charge in [0.2, 0.25) is 0 Å². The average molecular weight is 493 g/mol. The van der Waals surface area contributed by atoms with Gasteiger partial charge in [-0.25, -0.2) is 9.38 Å². The molecule has 2 heterocycles. The maximum absolute atomic E-state index is 13.0. The van der Waals surface area contributed by atoms with Crippen LogP contribution in [0.3, 0.4) is 0 Å². The summed E-state index contributed by atoms with van der Waals surface area (Å²) in [4.78, 5) is 18.2. The molecule has 0 saturated carbocycles. The van der Waals surface area contributed by atoms with Crippen molar-refractivity contribution in [1.29, 1.82) is 0 Å². The Morgan fingerprint density at radius 1 is 1.03 bits per heavy atom. The minimum absolute atomic E-state index is 0.0568. The first-order chi connectivity index (χ1) is 16.4. The predicted octanol–water partition coefficient (Wildman–Crippen LogP) is 3.93. The number of hydrogen-bond acceptors (Lipinski definition) is 7. The number of benzene rings is 3. The Bertz CT molecular complexity index is 1740. The second kappa shape index (κ2) is 8.58. The summed E-state index contributed by atoms with van der Waals surface area (Å²) in [5, 5.41) is 0. The van der Waals surface area contributed by atoms with E-state index >= 15 is 0 Å². The van der Waals surface area contributed by atoms with E-state index in [4.69, 9.17) is 8.92 Å². The number of fused-ring (bicyclic) bond motifs is 3. The number of rotatable bonds is 6. The van der Waals surface area contributed by atoms with E-state index in [9.17, 15) is 13.2 Å². The molecule has 0 aliphatic heterocycles. The fourth-order valence-electron chi connectivity index (χ4n) is 3.59. The van der Waals surface area contributed by atoms with Crippen LogP contribution in [0.2, 0.25) is 0 Å². The lowest BCUT2D eigenvalue weighted by molar-refractivity contribution is 0.327. The largest absolute Gasteiger partial charge is 0.490 e. The van der Waals surface area contributed by atoms with Gasteiger partial charge < -0.3 is 8.92 Å². The summed E-state index contributed by atoms with van der Waals surface area (Å²) in [6, 6.07) is 18.8. The minimum Gasteiger partial charge on any atom is -0.490 e. The third kappa shape index (κ3) is 4.04. The normalized spacial score (nSPS) is 12.5. The fraction of sp³-hybridized carbons (Fsp3) is 0.120. The van der Waals surface area contributed by atoms with E-state index in [0.29, 0.717) is 21.7 Å². The van der Waals surface area contributed by atoms with E-state index in [-0.39, 0.29) is 22.0 Å². The van der Waals surface area contributed by atoms with Crippen molar-refractivity contribution >= 4 is 43.5 Å². The monoisotopic (exact) mass is 492 g/mol. The Labute approximate surface area is 199 Å². The molecule has 0 aliphatic rings. The van der Waals surface area contributed by atoms with Crippen LogP contribution in [-0.4, -0.2) is 24.4 Å². The van der Waals surface area contributed by atoms with Crippen LogP contribution in [0, 0.1) is 6.92 Å². The topological polar surface area (TPSA) is 87.0 Å². The Morgan fingerprint density at radius 3 is 2.56 bits per heavy atom. The van der Waals surface area contributed by atoms with Crippen LogP contribution in [0.15, 0.2) is 76.4 Å². The zero-order valence-corrected chi connectivity index (χ0v) is 20.0. The molecular weight excluding hydrogens is 472 g/mol. The fourth-order valence-corrected chi connectivity index (χ4v) is 5.51. The zero-order valence-electron chi connectivity index (χ0n) is 18.4. The second-order valence-corrected chi connectivity index (χ2v) is 10.2. The molecule has 0 spiro atoms. The van der Waals surface area contributed by atoms with Gasteiger partial charge in [-0.2, -0.15) is 8.42 Å². The lowest BCUT2D eigenvalue weighted by Gasteiger charge is -2.12. The molecule has 7 nitrogen and oxygen atoms in total. The molecule has 0 bridgehead atoms. The smallest absolute Gasteiger partial charge is 0.339 e. The number of thiazole rings is 1. The predicted molar refractivity (Wildman–Crippen MR) is 132 cm³/mol. The number of aromatic nitrogens is 2. The van der Waals surface area contributed by atoms with Crippen LogP contribution < -0.4 is 19.0 Å². The minimum atomic E-state index is -4.03. The van der Waals surface area contributed by atoms with Crippen molar-refractivity contribution in [2.75, 3.05) is 6.61 Å². The van der Waals surface area contributed by atoms with E-state index in [1.54, 1.807) is 41.7 Å². The van der Waals surface area contributed by atoms with Crippen molar-refractivity contribution < 1.29 is 17.3 Å². The standard InChI is InChI=1S/C25H20N2O5S2/c1-3-31-22-14-17(10-13-21(22)32-34(29,30)18-11-8-16(2)9-12-18)15-23-24(28)27-20-7-5-4-6-19(20)26-25(27)33-23/h4-15H,3H2,1-2H3. The van der Waals surface area contributed by atoms with Crippen molar-refractivity contribution in [2.45, 2.75) is 18.7 Å². The van der Waals surface area contributed by atoms with Gasteiger partial charge in [-0.15, -0.1) is 0 Å². The SMILES string of the molecule is CCOc1cc(C=c2sc3nc4ccccc4n3c2=O)ccc1OS(=O)(=O)c1ccc(C)cc1. The van der Waals surface area contributed by atoms with Crippen LogP contribution in [0.25, 0.3) is 22.1 Å². The van der Waals surface area contributed by atoms with Gasteiger partial charge in [0.1, 0.15) is 4.90 Å². The molecule has 0 aliphatic carbocycles. The molecule has 0 radical (unpaired) electrons. The molecule has 5 aromatic rings. The van der Waals surface area contributed by atoms with E-state index in [0.717, 1.165) is 16.6 Å².